The van der Waals surface area contributed by atoms with E-state index in [-0.39, 0.29) is 16.3 Å². The molecule has 1 aromatic heterocycles. The van der Waals surface area contributed by atoms with Crippen LogP contribution in [0.5, 0.6) is 0 Å². The van der Waals surface area contributed by atoms with Crippen LogP contribution < -0.4 is 10.9 Å². The molecule has 1 heterocycles. The number of sulfonamides is 1. The Balaban J connectivity index is 2.21. The van der Waals surface area contributed by atoms with Crippen molar-refractivity contribution < 1.29 is 26.4 Å². The molecular weight excluding hydrogens is 409 g/mol. The number of primary amides is 1. The Labute approximate surface area is 163 Å². The molecule has 0 aliphatic rings. The van der Waals surface area contributed by atoms with Crippen LogP contribution in [0.2, 0.25) is 0 Å². The van der Waals surface area contributed by atoms with Gasteiger partial charge in [0.15, 0.2) is 5.69 Å². The van der Waals surface area contributed by atoms with Crippen molar-refractivity contribution in [1.82, 2.24) is 9.78 Å². The van der Waals surface area contributed by atoms with Crippen LogP contribution in [-0.2, 0) is 21.0 Å². The fraction of sp³-hybridized carbons (Fsp3) is 0.111. The van der Waals surface area contributed by atoms with Crippen molar-refractivity contribution in [1.29, 1.82) is 0 Å². The van der Waals surface area contributed by atoms with Crippen molar-refractivity contribution in [3.63, 3.8) is 0 Å². The number of rotatable bonds is 5. The smallest absolute Gasteiger partial charge is 0.369 e. The highest BCUT2D eigenvalue weighted by molar-refractivity contribution is 7.89. The Hall–Kier alpha value is -3.18. The maximum Gasteiger partial charge on any atom is 0.435 e. The SMILES string of the molecule is NC(=O)C(c1ccccc1)c1cc(C(F)(F)F)nn1-c1ccc(S(N)(=O)=O)cc1. The van der Waals surface area contributed by atoms with E-state index in [1.165, 1.54) is 12.1 Å². The number of alkyl halides is 3. The molecule has 0 aliphatic carbocycles. The summed E-state index contributed by atoms with van der Waals surface area (Å²) in [7, 11) is -3.99. The van der Waals surface area contributed by atoms with Gasteiger partial charge in [-0.1, -0.05) is 30.3 Å². The summed E-state index contributed by atoms with van der Waals surface area (Å²) in [6.07, 6.45) is -4.76. The number of nitrogens with zero attached hydrogens (tertiary/aromatic N) is 2. The van der Waals surface area contributed by atoms with Gasteiger partial charge < -0.3 is 5.73 Å². The first kappa shape index (κ1) is 20.6. The molecule has 11 heteroatoms. The highest BCUT2D eigenvalue weighted by Crippen LogP contribution is 2.34. The highest BCUT2D eigenvalue weighted by Gasteiger charge is 2.37. The zero-order valence-corrected chi connectivity index (χ0v) is 15.5. The predicted molar refractivity (Wildman–Crippen MR) is 97.4 cm³/mol. The number of aromatic nitrogens is 2. The van der Waals surface area contributed by atoms with Crippen LogP contribution in [0.25, 0.3) is 5.69 Å². The molecule has 3 aromatic rings. The summed E-state index contributed by atoms with van der Waals surface area (Å²) in [5, 5.41) is 8.62. The molecule has 1 atom stereocenters. The first-order valence-corrected chi connectivity index (χ1v) is 9.68. The van der Waals surface area contributed by atoms with Gasteiger partial charge in [-0.3, -0.25) is 4.79 Å². The second-order valence-electron chi connectivity index (χ2n) is 6.15. The summed E-state index contributed by atoms with van der Waals surface area (Å²) in [5.74, 6) is -2.08. The van der Waals surface area contributed by atoms with Crippen molar-refractivity contribution in [2.45, 2.75) is 17.0 Å². The topological polar surface area (TPSA) is 121 Å². The van der Waals surface area contributed by atoms with Gasteiger partial charge in [0.25, 0.3) is 0 Å². The molecule has 0 aliphatic heterocycles. The summed E-state index contributed by atoms with van der Waals surface area (Å²) in [6.45, 7) is 0. The van der Waals surface area contributed by atoms with E-state index in [9.17, 15) is 26.4 Å². The number of benzene rings is 2. The molecule has 0 spiro atoms. The summed E-state index contributed by atoms with van der Waals surface area (Å²) >= 11 is 0. The number of carbonyl (C=O) groups excluding carboxylic acids is 1. The van der Waals surface area contributed by atoms with E-state index in [4.69, 9.17) is 10.9 Å². The lowest BCUT2D eigenvalue weighted by Gasteiger charge is -2.16. The molecule has 2 aromatic carbocycles. The Morgan fingerprint density at radius 3 is 2.10 bits per heavy atom. The lowest BCUT2D eigenvalue weighted by atomic mass is 9.94. The second kappa shape index (κ2) is 7.33. The summed E-state index contributed by atoms with van der Waals surface area (Å²) in [5.41, 5.74) is 4.65. The van der Waals surface area contributed by atoms with E-state index >= 15 is 0 Å². The maximum absolute atomic E-state index is 13.3. The molecule has 0 saturated heterocycles. The van der Waals surface area contributed by atoms with Crippen LogP contribution >= 0.6 is 0 Å². The fourth-order valence-electron chi connectivity index (χ4n) is 2.85. The first-order chi connectivity index (χ1) is 13.5. The third-order valence-corrected chi connectivity index (χ3v) is 5.08. The summed E-state index contributed by atoms with van der Waals surface area (Å²) in [6, 6.07) is 13.5. The average molecular weight is 424 g/mol. The normalized spacial score (nSPS) is 13.2. The predicted octanol–water partition coefficient (Wildman–Crippen LogP) is 2.16. The number of carbonyl (C=O) groups is 1. The van der Waals surface area contributed by atoms with Gasteiger partial charge in [0.05, 0.1) is 16.3 Å². The van der Waals surface area contributed by atoms with Crippen LogP contribution in [0.1, 0.15) is 22.9 Å². The van der Waals surface area contributed by atoms with Crippen molar-refractivity contribution in [3.05, 3.63) is 77.6 Å². The lowest BCUT2D eigenvalue weighted by Crippen LogP contribution is -2.24. The van der Waals surface area contributed by atoms with E-state index in [0.717, 1.165) is 22.9 Å². The van der Waals surface area contributed by atoms with Crippen molar-refractivity contribution >= 4 is 15.9 Å². The highest BCUT2D eigenvalue weighted by atomic mass is 32.2. The molecule has 0 saturated carbocycles. The van der Waals surface area contributed by atoms with Crippen LogP contribution in [0, 0.1) is 0 Å². The molecule has 3 rings (SSSR count). The van der Waals surface area contributed by atoms with E-state index < -0.39 is 33.7 Å². The number of hydrogen-bond donors (Lipinski definition) is 2. The van der Waals surface area contributed by atoms with Gasteiger partial charge in [-0.05, 0) is 35.9 Å². The largest absolute Gasteiger partial charge is 0.435 e. The number of nitrogens with two attached hydrogens (primary N) is 2. The number of primary sulfonamides is 1. The zero-order chi connectivity index (χ0) is 21.4. The molecule has 0 radical (unpaired) electrons. The third kappa shape index (κ3) is 4.30. The minimum Gasteiger partial charge on any atom is -0.369 e. The maximum atomic E-state index is 13.3. The van der Waals surface area contributed by atoms with Gasteiger partial charge in [-0.15, -0.1) is 0 Å². The molecule has 0 fully saturated rings. The summed E-state index contributed by atoms with van der Waals surface area (Å²) < 4.78 is 63.6. The molecule has 29 heavy (non-hydrogen) atoms. The standard InChI is InChI=1S/C18H15F3N4O3S/c19-18(20,21)15-10-14(16(17(22)26)11-4-2-1-3-5-11)25(24-15)12-6-8-13(9-7-12)29(23,27)28/h1-10,16H,(H2,22,26)(H2,23,27,28). The van der Waals surface area contributed by atoms with Crippen molar-refractivity contribution in [2.75, 3.05) is 0 Å². The number of hydrogen-bond acceptors (Lipinski definition) is 4. The number of amides is 1. The first-order valence-electron chi connectivity index (χ1n) is 8.13. The van der Waals surface area contributed by atoms with Crippen LogP contribution in [0.4, 0.5) is 13.2 Å². The zero-order valence-electron chi connectivity index (χ0n) is 14.7. The fourth-order valence-corrected chi connectivity index (χ4v) is 3.37. The van der Waals surface area contributed by atoms with E-state index in [1.54, 1.807) is 30.3 Å². The molecule has 0 bridgehead atoms. The molecular formula is C18H15F3N4O3S. The van der Waals surface area contributed by atoms with Crippen LogP contribution in [0.3, 0.4) is 0 Å². The number of halogens is 3. The molecule has 1 amide bonds. The third-order valence-electron chi connectivity index (χ3n) is 4.15. The summed E-state index contributed by atoms with van der Waals surface area (Å²) in [4.78, 5) is 11.9. The van der Waals surface area contributed by atoms with E-state index in [1.807, 2.05) is 0 Å². The Morgan fingerprint density at radius 2 is 1.62 bits per heavy atom. The molecule has 4 N–H and O–H groups in total. The molecule has 7 nitrogen and oxygen atoms in total. The Morgan fingerprint density at radius 1 is 1.03 bits per heavy atom. The molecule has 1 unspecified atom stereocenters. The van der Waals surface area contributed by atoms with E-state index in [2.05, 4.69) is 5.10 Å². The van der Waals surface area contributed by atoms with Gasteiger partial charge in [-0.25, -0.2) is 18.2 Å². The van der Waals surface area contributed by atoms with Crippen LogP contribution in [0.15, 0.2) is 65.6 Å². The average Bonchev–Trinajstić information content (AvgIpc) is 3.07. The minimum absolute atomic E-state index is 0.102. The monoisotopic (exact) mass is 424 g/mol. The second-order valence-corrected chi connectivity index (χ2v) is 7.71. The van der Waals surface area contributed by atoms with Gasteiger partial charge in [-0.2, -0.15) is 18.3 Å². The Kier molecular flexibility index (Phi) is 5.20. The minimum atomic E-state index is -4.76. The van der Waals surface area contributed by atoms with Gasteiger partial charge in [0, 0.05) is 0 Å². The van der Waals surface area contributed by atoms with Crippen molar-refractivity contribution in [2.24, 2.45) is 10.9 Å². The van der Waals surface area contributed by atoms with Crippen LogP contribution in [-0.4, -0.2) is 24.1 Å². The van der Waals surface area contributed by atoms with Crippen molar-refractivity contribution in [3.8, 4) is 5.69 Å². The molecule has 152 valence electrons. The van der Waals surface area contributed by atoms with Gasteiger partial charge in [0.1, 0.15) is 5.92 Å². The lowest BCUT2D eigenvalue weighted by molar-refractivity contribution is -0.141. The quantitative estimate of drug-likeness (QED) is 0.652. The van der Waals surface area contributed by atoms with Gasteiger partial charge in [0.2, 0.25) is 15.9 Å². The van der Waals surface area contributed by atoms with Gasteiger partial charge >= 0.3 is 6.18 Å². The van der Waals surface area contributed by atoms with E-state index in [0.29, 0.717) is 5.56 Å². The Bertz CT molecular complexity index is 1140.